The first-order valence-corrected chi connectivity index (χ1v) is 9.16. The lowest BCUT2D eigenvalue weighted by atomic mass is 10.1. The number of nitro benzene ring substituents is 1. The molecule has 0 fully saturated rings. The molecule has 0 aliphatic rings. The molecule has 3 rings (SSSR count). The van der Waals surface area contributed by atoms with Crippen molar-refractivity contribution >= 4 is 23.6 Å². The third kappa shape index (κ3) is 5.65. The summed E-state index contributed by atoms with van der Waals surface area (Å²) in [6, 6.07) is 18.3. The summed E-state index contributed by atoms with van der Waals surface area (Å²) in [6.07, 6.45) is 3.43. The van der Waals surface area contributed by atoms with Gasteiger partial charge in [-0.15, -0.1) is 0 Å². The van der Waals surface area contributed by atoms with E-state index in [2.05, 4.69) is 10.6 Å². The zero-order chi connectivity index (χ0) is 21.3. The highest BCUT2D eigenvalue weighted by Crippen LogP contribution is 2.14. The molecule has 8 heteroatoms. The number of furan rings is 1. The lowest BCUT2D eigenvalue weighted by molar-refractivity contribution is -0.384. The van der Waals surface area contributed by atoms with Gasteiger partial charge < -0.3 is 15.1 Å². The van der Waals surface area contributed by atoms with Gasteiger partial charge in [-0.1, -0.05) is 30.3 Å². The van der Waals surface area contributed by atoms with Crippen LogP contribution in [0.3, 0.4) is 0 Å². The van der Waals surface area contributed by atoms with Gasteiger partial charge in [0.25, 0.3) is 17.5 Å². The lowest BCUT2D eigenvalue weighted by Gasteiger charge is -2.10. The zero-order valence-corrected chi connectivity index (χ0v) is 15.9. The van der Waals surface area contributed by atoms with Crippen molar-refractivity contribution in [3.05, 3.63) is 106 Å². The molecule has 0 radical (unpaired) electrons. The first-order valence-electron chi connectivity index (χ1n) is 9.16. The summed E-state index contributed by atoms with van der Waals surface area (Å²) >= 11 is 0. The van der Waals surface area contributed by atoms with Crippen LogP contribution in [0.5, 0.6) is 0 Å². The van der Waals surface area contributed by atoms with Crippen molar-refractivity contribution in [3.63, 3.8) is 0 Å². The van der Waals surface area contributed by atoms with E-state index in [-0.39, 0.29) is 17.1 Å². The van der Waals surface area contributed by atoms with Crippen LogP contribution in [-0.4, -0.2) is 23.3 Å². The maximum atomic E-state index is 12.7. The fourth-order valence-corrected chi connectivity index (χ4v) is 2.67. The Kier molecular flexibility index (Phi) is 6.73. The summed E-state index contributed by atoms with van der Waals surface area (Å²) in [5.74, 6) is -1.00. The van der Waals surface area contributed by atoms with E-state index in [0.29, 0.717) is 18.5 Å². The van der Waals surface area contributed by atoms with Gasteiger partial charge in [-0.05, 0) is 47.9 Å². The third-order valence-electron chi connectivity index (χ3n) is 4.19. The van der Waals surface area contributed by atoms with Crippen LogP contribution in [0, 0.1) is 10.1 Å². The second kappa shape index (κ2) is 9.83. The molecule has 2 N–H and O–H groups in total. The van der Waals surface area contributed by atoms with E-state index in [1.807, 2.05) is 30.3 Å². The molecule has 0 saturated carbocycles. The first-order chi connectivity index (χ1) is 14.5. The van der Waals surface area contributed by atoms with Crippen molar-refractivity contribution in [2.45, 2.75) is 6.42 Å². The highest BCUT2D eigenvalue weighted by atomic mass is 16.6. The molecule has 2 amide bonds. The topological polar surface area (TPSA) is 114 Å². The Hall–Kier alpha value is -4.20. The minimum absolute atomic E-state index is 0.00156. The Morgan fingerprint density at radius 3 is 2.37 bits per heavy atom. The fourth-order valence-electron chi connectivity index (χ4n) is 2.67. The van der Waals surface area contributed by atoms with Crippen LogP contribution >= 0.6 is 0 Å². The molecule has 0 atom stereocenters. The summed E-state index contributed by atoms with van der Waals surface area (Å²) in [5.41, 5.74) is 1.52. The number of nitrogens with zero attached hydrogens (tertiary/aromatic N) is 1. The Morgan fingerprint density at radius 1 is 1.00 bits per heavy atom. The smallest absolute Gasteiger partial charge is 0.291 e. The first kappa shape index (κ1) is 20.5. The van der Waals surface area contributed by atoms with E-state index in [9.17, 15) is 19.7 Å². The second-order valence-corrected chi connectivity index (χ2v) is 6.33. The van der Waals surface area contributed by atoms with Gasteiger partial charge in [0.15, 0.2) is 5.76 Å². The highest BCUT2D eigenvalue weighted by Gasteiger charge is 2.16. The zero-order valence-electron chi connectivity index (χ0n) is 15.9. The van der Waals surface area contributed by atoms with Gasteiger partial charge in [-0.25, -0.2) is 0 Å². The quantitative estimate of drug-likeness (QED) is 0.339. The molecule has 152 valence electrons. The molecule has 30 heavy (non-hydrogen) atoms. The van der Waals surface area contributed by atoms with Crippen molar-refractivity contribution in [3.8, 4) is 0 Å². The van der Waals surface area contributed by atoms with Crippen LogP contribution in [0.4, 0.5) is 5.69 Å². The number of carbonyl (C=O) groups excluding carboxylic acids is 2. The number of rotatable bonds is 8. The average Bonchev–Trinajstić information content (AvgIpc) is 3.29. The summed E-state index contributed by atoms with van der Waals surface area (Å²) in [7, 11) is 0. The third-order valence-corrected chi connectivity index (χ3v) is 4.19. The van der Waals surface area contributed by atoms with Crippen LogP contribution in [0.25, 0.3) is 6.08 Å². The highest BCUT2D eigenvalue weighted by molar-refractivity contribution is 6.04. The monoisotopic (exact) mass is 405 g/mol. The number of amides is 2. The molecule has 8 nitrogen and oxygen atoms in total. The van der Waals surface area contributed by atoms with Gasteiger partial charge in [0.1, 0.15) is 5.70 Å². The molecular formula is C22H19N3O5. The number of non-ortho nitro benzene ring substituents is 1. The van der Waals surface area contributed by atoms with E-state index in [0.717, 1.165) is 5.56 Å². The van der Waals surface area contributed by atoms with E-state index >= 15 is 0 Å². The summed E-state index contributed by atoms with van der Waals surface area (Å²) < 4.78 is 5.06. The van der Waals surface area contributed by atoms with Crippen LogP contribution < -0.4 is 10.6 Å². The van der Waals surface area contributed by atoms with Crippen LogP contribution in [0.1, 0.15) is 21.7 Å². The van der Waals surface area contributed by atoms with Crippen molar-refractivity contribution in [1.82, 2.24) is 10.6 Å². The number of hydrogen-bond acceptors (Lipinski definition) is 5. The summed E-state index contributed by atoms with van der Waals surface area (Å²) in [4.78, 5) is 35.3. The molecule has 1 heterocycles. The minimum Gasteiger partial charge on any atom is -0.459 e. The van der Waals surface area contributed by atoms with Gasteiger partial charge in [0.2, 0.25) is 0 Å². The van der Waals surface area contributed by atoms with Gasteiger partial charge in [-0.2, -0.15) is 0 Å². The SMILES string of the molecule is O=C(NCCc1ccccc1)C(=Cc1ccc([N+](=O)[O-])cc1)NC(=O)c1ccco1. The van der Waals surface area contributed by atoms with Crippen molar-refractivity contribution in [2.24, 2.45) is 0 Å². The maximum absolute atomic E-state index is 12.7. The Balaban J connectivity index is 1.74. The van der Waals surface area contributed by atoms with Gasteiger partial charge in [0.05, 0.1) is 11.2 Å². The van der Waals surface area contributed by atoms with Crippen molar-refractivity contribution < 1.29 is 18.9 Å². The summed E-state index contributed by atoms with van der Waals surface area (Å²) in [5, 5.41) is 16.1. The Bertz CT molecular complexity index is 1040. The van der Waals surface area contributed by atoms with Crippen molar-refractivity contribution in [1.29, 1.82) is 0 Å². The van der Waals surface area contributed by atoms with Gasteiger partial charge in [0, 0.05) is 18.7 Å². The van der Waals surface area contributed by atoms with E-state index in [1.165, 1.54) is 42.7 Å². The molecular weight excluding hydrogens is 386 g/mol. The number of nitrogens with one attached hydrogen (secondary N) is 2. The fraction of sp³-hybridized carbons (Fsp3) is 0.0909. The Morgan fingerprint density at radius 2 is 1.73 bits per heavy atom. The molecule has 3 aromatic rings. The van der Waals surface area contributed by atoms with E-state index in [4.69, 9.17) is 4.42 Å². The van der Waals surface area contributed by atoms with Gasteiger partial charge >= 0.3 is 0 Å². The standard InChI is InChI=1S/C22H19N3O5/c26-21(23-13-12-16-5-2-1-3-6-16)19(24-22(27)20-7-4-14-30-20)15-17-8-10-18(11-9-17)25(28)29/h1-11,14-15H,12-13H2,(H,23,26)(H,24,27). The Labute approximate surface area is 172 Å². The predicted octanol–water partition coefficient (Wildman–Crippen LogP) is 3.32. The summed E-state index contributed by atoms with van der Waals surface area (Å²) in [6.45, 7) is 0.372. The van der Waals surface area contributed by atoms with Crippen LogP contribution in [0.15, 0.2) is 83.1 Å². The number of hydrogen-bond donors (Lipinski definition) is 2. The normalized spacial score (nSPS) is 11.0. The average molecular weight is 405 g/mol. The number of nitro groups is 1. The number of carbonyl (C=O) groups is 2. The molecule has 0 aliphatic heterocycles. The van der Waals surface area contributed by atoms with Gasteiger partial charge in [-0.3, -0.25) is 19.7 Å². The largest absolute Gasteiger partial charge is 0.459 e. The lowest BCUT2D eigenvalue weighted by Crippen LogP contribution is -2.35. The molecule has 0 saturated heterocycles. The molecule has 0 bridgehead atoms. The second-order valence-electron chi connectivity index (χ2n) is 6.33. The van der Waals surface area contributed by atoms with Crippen molar-refractivity contribution in [2.75, 3.05) is 6.54 Å². The van der Waals surface area contributed by atoms with Crippen LogP contribution in [0.2, 0.25) is 0 Å². The predicted molar refractivity (Wildman–Crippen MR) is 110 cm³/mol. The molecule has 2 aromatic carbocycles. The van der Waals surface area contributed by atoms with E-state index < -0.39 is 16.7 Å². The minimum atomic E-state index is -0.577. The number of benzene rings is 2. The van der Waals surface area contributed by atoms with E-state index in [1.54, 1.807) is 6.07 Å². The molecule has 0 unspecified atom stereocenters. The molecule has 0 aliphatic carbocycles. The molecule has 1 aromatic heterocycles. The molecule has 0 spiro atoms. The maximum Gasteiger partial charge on any atom is 0.291 e. The van der Waals surface area contributed by atoms with Crippen LogP contribution in [-0.2, 0) is 11.2 Å².